The van der Waals surface area contributed by atoms with Crippen molar-refractivity contribution in [3.8, 4) is 17.2 Å². The van der Waals surface area contributed by atoms with Crippen molar-refractivity contribution in [2.24, 2.45) is 0 Å². The third-order valence-corrected chi connectivity index (χ3v) is 4.14. The predicted molar refractivity (Wildman–Crippen MR) is 84.7 cm³/mol. The first-order valence-corrected chi connectivity index (χ1v) is 7.16. The standard InChI is InChI=1S/C16H11Cl2N3/c1-10-12(15-13(17)3-2-4-14(15)18)6-8-21-16(10)11(5-7-19)9-20-21/h2-4,6,8-9H,5H2,1H3. The number of aromatic nitrogens is 2. The van der Waals surface area contributed by atoms with Crippen LogP contribution in [0.15, 0.2) is 36.7 Å². The fraction of sp³-hybridized carbons (Fsp3) is 0.125. The molecule has 0 saturated carbocycles. The van der Waals surface area contributed by atoms with Crippen molar-refractivity contribution in [2.75, 3.05) is 0 Å². The molecule has 0 bridgehead atoms. The van der Waals surface area contributed by atoms with Crippen LogP contribution in [0.3, 0.4) is 0 Å². The van der Waals surface area contributed by atoms with Gasteiger partial charge in [0.05, 0.1) is 24.2 Å². The maximum Gasteiger partial charge on any atom is 0.0739 e. The summed E-state index contributed by atoms with van der Waals surface area (Å²) in [5, 5.41) is 14.4. The summed E-state index contributed by atoms with van der Waals surface area (Å²) in [6.07, 6.45) is 3.91. The molecular formula is C16H11Cl2N3. The van der Waals surface area contributed by atoms with E-state index in [1.807, 2.05) is 37.4 Å². The lowest BCUT2D eigenvalue weighted by Crippen LogP contribution is -1.95. The molecule has 0 N–H and O–H groups in total. The van der Waals surface area contributed by atoms with Gasteiger partial charge in [0.25, 0.3) is 0 Å². The van der Waals surface area contributed by atoms with Gasteiger partial charge in [0.1, 0.15) is 0 Å². The van der Waals surface area contributed by atoms with Crippen molar-refractivity contribution in [2.45, 2.75) is 13.3 Å². The first-order chi connectivity index (χ1) is 10.1. The van der Waals surface area contributed by atoms with Crippen LogP contribution in [0.4, 0.5) is 0 Å². The van der Waals surface area contributed by atoms with Crippen LogP contribution in [0.2, 0.25) is 10.0 Å². The van der Waals surface area contributed by atoms with Gasteiger partial charge in [0.15, 0.2) is 0 Å². The zero-order valence-electron chi connectivity index (χ0n) is 11.3. The molecule has 3 rings (SSSR count). The Balaban J connectivity index is 2.32. The molecule has 0 aliphatic rings. The van der Waals surface area contributed by atoms with E-state index in [1.54, 1.807) is 10.7 Å². The molecule has 0 unspecified atom stereocenters. The first-order valence-electron chi connectivity index (χ1n) is 6.40. The number of aryl methyl sites for hydroxylation is 1. The monoisotopic (exact) mass is 315 g/mol. The average molecular weight is 316 g/mol. The lowest BCUT2D eigenvalue weighted by molar-refractivity contribution is 0.957. The fourth-order valence-corrected chi connectivity index (χ4v) is 3.16. The number of hydrogen-bond donors (Lipinski definition) is 0. The Hall–Kier alpha value is -2.02. The molecule has 3 nitrogen and oxygen atoms in total. The van der Waals surface area contributed by atoms with E-state index in [0.29, 0.717) is 16.5 Å². The molecule has 5 heteroatoms. The number of benzene rings is 1. The molecule has 3 aromatic rings. The van der Waals surface area contributed by atoms with E-state index in [-0.39, 0.29) is 0 Å². The lowest BCUT2D eigenvalue weighted by atomic mass is 9.99. The third-order valence-electron chi connectivity index (χ3n) is 3.51. The molecular weight excluding hydrogens is 305 g/mol. The normalized spacial score (nSPS) is 10.8. The van der Waals surface area contributed by atoms with Crippen LogP contribution in [0.5, 0.6) is 0 Å². The van der Waals surface area contributed by atoms with E-state index in [9.17, 15) is 0 Å². The number of rotatable bonds is 2. The van der Waals surface area contributed by atoms with Crippen LogP contribution >= 0.6 is 23.2 Å². The van der Waals surface area contributed by atoms with E-state index in [1.165, 1.54) is 0 Å². The van der Waals surface area contributed by atoms with Gasteiger partial charge < -0.3 is 0 Å². The van der Waals surface area contributed by atoms with Gasteiger partial charge in [-0.1, -0.05) is 29.3 Å². The smallest absolute Gasteiger partial charge is 0.0739 e. The second-order valence-corrected chi connectivity index (χ2v) is 5.56. The summed E-state index contributed by atoms with van der Waals surface area (Å²) in [6.45, 7) is 1.99. The molecule has 0 atom stereocenters. The van der Waals surface area contributed by atoms with Gasteiger partial charge in [-0.05, 0) is 36.2 Å². The highest BCUT2D eigenvalue weighted by Crippen LogP contribution is 2.37. The van der Waals surface area contributed by atoms with Crippen molar-refractivity contribution < 1.29 is 0 Å². The fourth-order valence-electron chi connectivity index (χ4n) is 2.56. The summed E-state index contributed by atoms with van der Waals surface area (Å²) in [6, 6.07) is 9.57. The minimum absolute atomic E-state index is 0.323. The zero-order valence-corrected chi connectivity index (χ0v) is 12.8. The van der Waals surface area contributed by atoms with Crippen LogP contribution in [0.25, 0.3) is 16.6 Å². The number of nitriles is 1. The van der Waals surface area contributed by atoms with Gasteiger partial charge in [-0.25, -0.2) is 4.52 Å². The van der Waals surface area contributed by atoms with Crippen LogP contribution in [-0.2, 0) is 6.42 Å². The molecule has 0 radical (unpaired) electrons. The van der Waals surface area contributed by atoms with Gasteiger partial charge in [-0.15, -0.1) is 0 Å². The third kappa shape index (κ3) is 2.27. The first kappa shape index (κ1) is 13.9. The Morgan fingerprint density at radius 3 is 2.62 bits per heavy atom. The number of halogens is 2. The average Bonchev–Trinajstić information content (AvgIpc) is 2.85. The molecule has 0 aliphatic heterocycles. The Bertz CT molecular complexity index is 855. The lowest BCUT2D eigenvalue weighted by Gasteiger charge is -2.12. The Labute approximate surface area is 132 Å². The zero-order chi connectivity index (χ0) is 15.0. The Morgan fingerprint density at radius 2 is 1.95 bits per heavy atom. The summed E-state index contributed by atoms with van der Waals surface area (Å²) in [7, 11) is 0. The topological polar surface area (TPSA) is 41.1 Å². The summed E-state index contributed by atoms with van der Waals surface area (Å²) in [5.74, 6) is 0. The van der Waals surface area contributed by atoms with Crippen LogP contribution < -0.4 is 0 Å². The second-order valence-electron chi connectivity index (χ2n) is 4.75. The second kappa shape index (κ2) is 5.40. The van der Waals surface area contributed by atoms with E-state index < -0.39 is 0 Å². The van der Waals surface area contributed by atoms with Crippen molar-refractivity contribution in [1.82, 2.24) is 9.61 Å². The molecule has 0 saturated heterocycles. The number of pyridine rings is 1. The molecule has 0 spiro atoms. The van der Waals surface area contributed by atoms with Gasteiger partial charge in [0.2, 0.25) is 0 Å². The Morgan fingerprint density at radius 1 is 1.24 bits per heavy atom. The van der Waals surface area contributed by atoms with Crippen LogP contribution in [0.1, 0.15) is 11.1 Å². The summed E-state index contributed by atoms with van der Waals surface area (Å²) >= 11 is 12.6. The van der Waals surface area contributed by atoms with E-state index >= 15 is 0 Å². The molecule has 21 heavy (non-hydrogen) atoms. The highest BCUT2D eigenvalue weighted by molar-refractivity contribution is 6.39. The minimum atomic E-state index is 0.323. The molecule has 0 amide bonds. The van der Waals surface area contributed by atoms with E-state index in [0.717, 1.165) is 27.8 Å². The summed E-state index contributed by atoms with van der Waals surface area (Å²) < 4.78 is 1.77. The molecule has 2 heterocycles. The predicted octanol–water partition coefficient (Wildman–Crippen LogP) is 4.68. The van der Waals surface area contributed by atoms with Crippen molar-refractivity contribution >= 4 is 28.7 Å². The molecule has 0 fully saturated rings. The summed E-state index contributed by atoms with van der Waals surface area (Å²) in [4.78, 5) is 0. The maximum absolute atomic E-state index is 8.93. The van der Waals surface area contributed by atoms with E-state index in [4.69, 9.17) is 28.5 Å². The quantitative estimate of drug-likeness (QED) is 0.688. The minimum Gasteiger partial charge on any atom is -0.240 e. The van der Waals surface area contributed by atoms with Crippen LogP contribution in [0, 0.1) is 18.3 Å². The highest BCUT2D eigenvalue weighted by Gasteiger charge is 2.15. The number of nitrogens with zero attached hydrogens (tertiary/aromatic N) is 3. The summed E-state index contributed by atoms with van der Waals surface area (Å²) in [5.41, 5.74) is 4.61. The molecule has 2 aromatic heterocycles. The van der Waals surface area contributed by atoms with Crippen LogP contribution in [-0.4, -0.2) is 9.61 Å². The Kier molecular flexibility index (Phi) is 3.59. The highest BCUT2D eigenvalue weighted by atomic mass is 35.5. The van der Waals surface area contributed by atoms with Gasteiger partial charge in [-0.2, -0.15) is 10.4 Å². The van der Waals surface area contributed by atoms with Gasteiger partial charge >= 0.3 is 0 Å². The van der Waals surface area contributed by atoms with Crippen molar-refractivity contribution in [3.05, 3.63) is 57.8 Å². The number of hydrogen-bond acceptors (Lipinski definition) is 2. The molecule has 0 aliphatic carbocycles. The van der Waals surface area contributed by atoms with Gasteiger partial charge in [-0.3, -0.25) is 0 Å². The molecule has 1 aromatic carbocycles. The van der Waals surface area contributed by atoms with Gasteiger partial charge in [0, 0.05) is 27.4 Å². The number of fused-ring (bicyclic) bond motifs is 1. The largest absolute Gasteiger partial charge is 0.240 e. The van der Waals surface area contributed by atoms with E-state index in [2.05, 4.69) is 11.2 Å². The SMILES string of the molecule is Cc1c(-c2c(Cl)cccc2Cl)ccn2ncc(CC#N)c12. The molecule has 104 valence electrons. The van der Waals surface area contributed by atoms with Crippen molar-refractivity contribution in [3.63, 3.8) is 0 Å². The van der Waals surface area contributed by atoms with Crippen molar-refractivity contribution in [1.29, 1.82) is 5.26 Å². The maximum atomic E-state index is 8.93.